The van der Waals surface area contributed by atoms with Crippen molar-refractivity contribution in [2.75, 3.05) is 7.11 Å². The number of carbonyl (C=O) groups excluding carboxylic acids is 1. The third-order valence-corrected chi connectivity index (χ3v) is 3.20. The molecular formula is C14H18N4O2S. The molecule has 1 amide bonds. The van der Waals surface area contributed by atoms with E-state index in [0.29, 0.717) is 22.0 Å². The van der Waals surface area contributed by atoms with E-state index in [1.807, 2.05) is 6.07 Å². The molecule has 0 radical (unpaired) electrons. The van der Waals surface area contributed by atoms with E-state index < -0.39 is 0 Å². The summed E-state index contributed by atoms with van der Waals surface area (Å²) in [4.78, 5) is 12.2. The van der Waals surface area contributed by atoms with E-state index in [-0.39, 0.29) is 5.91 Å². The maximum atomic E-state index is 11.4. The molecule has 6 nitrogen and oxygen atoms in total. The lowest BCUT2D eigenvalue weighted by molar-refractivity contribution is 0.0953. The molecule has 1 aromatic carbocycles. The lowest BCUT2D eigenvalue weighted by Crippen LogP contribution is -2.29. The van der Waals surface area contributed by atoms with E-state index in [0.717, 1.165) is 4.90 Å². The van der Waals surface area contributed by atoms with Crippen molar-refractivity contribution in [1.82, 2.24) is 5.43 Å². The Kier molecular flexibility index (Phi) is 6.38. The van der Waals surface area contributed by atoms with Crippen LogP contribution in [0.1, 0.15) is 10.4 Å². The molecule has 0 atom stereocenters. The highest BCUT2D eigenvalue weighted by Gasteiger charge is 2.05. The van der Waals surface area contributed by atoms with Crippen LogP contribution >= 0.6 is 11.8 Å². The number of methoxy groups -OCH3 is 1. The highest BCUT2D eigenvalue weighted by Crippen LogP contribution is 2.24. The zero-order chi connectivity index (χ0) is 15.8. The molecule has 0 bridgehead atoms. The number of thioether (sulfide) groups is 1. The molecule has 21 heavy (non-hydrogen) atoms. The number of rotatable bonds is 6. The summed E-state index contributed by atoms with van der Waals surface area (Å²) in [6.07, 6.45) is 3.15. The van der Waals surface area contributed by atoms with Gasteiger partial charge in [0.05, 0.1) is 12.1 Å². The third kappa shape index (κ3) is 5.64. The first-order valence-corrected chi connectivity index (χ1v) is 6.74. The smallest absolute Gasteiger partial charge is 0.265 e. The van der Waals surface area contributed by atoms with Crippen molar-refractivity contribution in [3.05, 3.63) is 65.0 Å². The first-order valence-electron chi connectivity index (χ1n) is 5.92. The molecule has 7 heteroatoms. The molecule has 112 valence electrons. The zero-order valence-corrected chi connectivity index (χ0v) is 12.4. The minimum atomic E-state index is -0.365. The molecule has 0 unspecified atom stereocenters. The van der Waals surface area contributed by atoms with Gasteiger partial charge in [0.1, 0.15) is 5.76 Å². The van der Waals surface area contributed by atoms with Crippen LogP contribution in [0.25, 0.3) is 0 Å². The number of nitrogens with two attached hydrogens (primary N) is 3. The fourth-order valence-electron chi connectivity index (χ4n) is 1.40. The average molecular weight is 306 g/mol. The van der Waals surface area contributed by atoms with Crippen molar-refractivity contribution >= 4 is 17.7 Å². The molecule has 0 aliphatic heterocycles. The minimum Gasteiger partial charge on any atom is -0.497 e. The Morgan fingerprint density at radius 1 is 1.38 bits per heavy atom. The van der Waals surface area contributed by atoms with Crippen molar-refractivity contribution < 1.29 is 9.53 Å². The van der Waals surface area contributed by atoms with Gasteiger partial charge in [0.2, 0.25) is 0 Å². The number of nitrogen functional groups attached to an aromatic ring is 1. The molecule has 0 saturated carbocycles. The Bertz CT molecular complexity index is 596. The van der Waals surface area contributed by atoms with E-state index in [2.05, 4.69) is 12.0 Å². The van der Waals surface area contributed by atoms with Gasteiger partial charge in [0.25, 0.3) is 5.91 Å². The number of allylic oxidation sites excluding steroid dienone is 2. The molecule has 0 aliphatic rings. The minimum absolute atomic E-state index is 0.365. The SMILES string of the molecule is C=C(/C=C(N)\C=C(/N)Sc1cccc(C(=O)NN)c1)OC. The second-order valence-electron chi connectivity index (χ2n) is 3.96. The Labute approximate surface area is 127 Å². The normalized spacial score (nSPS) is 11.9. The highest BCUT2D eigenvalue weighted by atomic mass is 32.2. The van der Waals surface area contributed by atoms with E-state index in [4.69, 9.17) is 22.0 Å². The Balaban J connectivity index is 2.83. The predicted octanol–water partition coefficient (Wildman–Crippen LogP) is 1.18. The van der Waals surface area contributed by atoms with Crippen molar-refractivity contribution in [2.45, 2.75) is 4.90 Å². The number of hydrazine groups is 1. The van der Waals surface area contributed by atoms with Crippen LogP contribution in [0.5, 0.6) is 0 Å². The van der Waals surface area contributed by atoms with E-state index in [1.54, 1.807) is 30.4 Å². The molecule has 0 aromatic heterocycles. The second-order valence-corrected chi connectivity index (χ2v) is 5.11. The van der Waals surface area contributed by atoms with Crippen LogP contribution < -0.4 is 22.7 Å². The maximum Gasteiger partial charge on any atom is 0.265 e. The van der Waals surface area contributed by atoms with Crippen LogP contribution in [0.2, 0.25) is 0 Å². The van der Waals surface area contributed by atoms with Crippen LogP contribution in [0.3, 0.4) is 0 Å². The quantitative estimate of drug-likeness (QED) is 0.157. The van der Waals surface area contributed by atoms with Gasteiger partial charge in [-0.1, -0.05) is 24.4 Å². The maximum absolute atomic E-state index is 11.4. The average Bonchev–Trinajstić information content (AvgIpc) is 2.46. The largest absolute Gasteiger partial charge is 0.497 e. The van der Waals surface area contributed by atoms with Gasteiger partial charge in [0, 0.05) is 22.2 Å². The number of hydrogen-bond acceptors (Lipinski definition) is 6. The number of hydrogen-bond donors (Lipinski definition) is 4. The first-order chi connectivity index (χ1) is 9.96. The van der Waals surface area contributed by atoms with Crippen molar-refractivity contribution in [1.29, 1.82) is 0 Å². The summed E-state index contributed by atoms with van der Waals surface area (Å²) in [7, 11) is 1.50. The van der Waals surface area contributed by atoms with Gasteiger partial charge in [-0.2, -0.15) is 0 Å². The van der Waals surface area contributed by atoms with Gasteiger partial charge in [-0.15, -0.1) is 0 Å². The molecule has 0 saturated heterocycles. The number of benzene rings is 1. The third-order valence-electron chi connectivity index (χ3n) is 2.36. The van der Waals surface area contributed by atoms with Gasteiger partial charge < -0.3 is 16.2 Å². The lowest BCUT2D eigenvalue weighted by atomic mass is 10.2. The summed E-state index contributed by atoms with van der Waals surface area (Å²) in [5.41, 5.74) is 14.6. The first kappa shape index (κ1) is 16.7. The molecule has 1 aromatic rings. The van der Waals surface area contributed by atoms with Crippen LogP contribution in [-0.4, -0.2) is 13.0 Å². The number of ether oxygens (including phenoxy) is 1. The Hall–Kier alpha value is -2.38. The summed E-state index contributed by atoms with van der Waals surface area (Å²) >= 11 is 1.28. The summed E-state index contributed by atoms with van der Waals surface area (Å²) < 4.78 is 4.89. The van der Waals surface area contributed by atoms with Crippen LogP contribution in [-0.2, 0) is 4.74 Å². The van der Waals surface area contributed by atoms with E-state index >= 15 is 0 Å². The van der Waals surface area contributed by atoms with E-state index in [9.17, 15) is 4.79 Å². The van der Waals surface area contributed by atoms with Gasteiger partial charge >= 0.3 is 0 Å². The zero-order valence-electron chi connectivity index (χ0n) is 11.6. The molecule has 0 heterocycles. The van der Waals surface area contributed by atoms with Gasteiger partial charge in [0.15, 0.2) is 0 Å². The molecular weight excluding hydrogens is 288 g/mol. The second kappa shape index (κ2) is 8.03. The lowest BCUT2D eigenvalue weighted by Gasteiger charge is -2.05. The standard InChI is InChI=1S/C14H18N4O2S/c1-9(20-2)6-11(15)8-13(16)21-12-5-3-4-10(7-12)14(19)18-17/h3-8H,1,15-17H2,2H3,(H,18,19)/b11-6+,13-8+. The summed E-state index contributed by atoms with van der Waals surface area (Å²) in [5, 5.41) is 0.470. The van der Waals surface area contributed by atoms with Crippen LogP contribution in [0, 0.1) is 0 Å². The van der Waals surface area contributed by atoms with Crippen molar-refractivity contribution in [3.8, 4) is 0 Å². The van der Waals surface area contributed by atoms with Gasteiger partial charge in [-0.25, -0.2) is 5.84 Å². The molecule has 7 N–H and O–H groups in total. The van der Waals surface area contributed by atoms with Crippen LogP contribution in [0.4, 0.5) is 0 Å². The van der Waals surface area contributed by atoms with Gasteiger partial charge in [-0.3, -0.25) is 10.2 Å². The van der Waals surface area contributed by atoms with Gasteiger partial charge in [-0.05, 0) is 24.3 Å². The fourth-order valence-corrected chi connectivity index (χ4v) is 2.20. The Morgan fingerprint density at radius 3 is 2.71 bits per heavy atom. The highest BCUT2D eigenvalue weighted by molar-refractivity contribution is 8.03. The number of amides is 1. The topological polar surface area (TPSA) is 116 Å². The number of carbonyl (C=O) groups is 1. The summed E-state index contributed by atoms with van der Waals surface area (Å²) in [6, 6.07) is 6.91. The van der Waals surface area contributed by atoms with Crippen molar-refractivity contribution in [2.24, 2.45) is 17.3 Å². The van der Waals surface area contributed by atoms with Crippen LogP contribution in [0.15, 0.2) is 64.4 Å². The molecule has 0 aliphatic carbocycles. The predicted molar refractivity (Wildman–Crippen MR) is 84.6 cm³/mol. The number of nitrogens with one attached hydrogen (secondary N) is 1. The van der Waals surface area contributed by atoms with E-state index in [1.165, 1.54) is 18.9 Å². The summed E-state index contributed by atoms with van der Waals surface area (Å²) in [6.45, 7) is 3.63. The monoisotopic (exact) mass is 306 g/mol. The molecule has 1 rings (SSSR count). The molecule has 0 fully saturated rings. The van der Waals surface area contributed by atoms with Crippen molar-refractivity contribution in [3.63, 3.8) is 0 Å². The summed E-state index contributed by atoms with van der Waals surface area (Å²) in [5.74, 6) is 5.16. The molecule has 0 spiro atoms. The fraction of sp³-hybridized carbons (Fsp3) is 0.0714. The Morgan fingerprint density at radius 2 is 2.10 bits per heavy atom.